The number of nitrogens with zero attached hydrogens (tertiary/aromatic N) is 3. The molecule has 0 bridgehead atoms. The molecule has 6 heteroatoms. The third kappa shape index (κ3) is 3.30. The highest BCUT2D eigenvalue weighted by Crippen LogP contribution is 2.26. The van der Waals surface area contributed by atoms with Crippen LogP contribution in [0.15, 0.2) is 29.9 Å². The molecule has 2 aromatic rings. The van der Waals surface area contributed by atoms with E-state index >= 15 is 0 Å². The van der Waals surface area contributed by atoms with Crippen molar-refractivity contribution in [3.63, 3.8) is 0 Å². The molecule has 2 aliphatic rings. The van der Waals surface area contributed by atoms with Crippen LogP contribution in [0.25, 0.3) is 0 Å². The number of hydrogen-bond donors (Lipinski definition) is 0. The fraction of sp³-hybridized carbons (Fsp3) is 0.444. The number of carbonyl (C=O) groups is 1. The van der Waals surface area contributed by atoms with E-state index in [9.17, 15) is 4.79 Å². The Bertz CT molecular complexity index is 717. The topological polar surface area (TPSA) is 45.7 Å². The molecule has 0 spiro atoms. The van der Waals surface area contributed by atoms with Crippen molar-refractivity contribution in [2.24, 2.45) is 0 Å². The first-order valence-corrected chi connectivity index (χ1v) is 9.32. The number of aromatic nitrogens is 1. The van der Waals surface area contributed by atoms with Crippen LogP contribution in [0.3, 0.4) is 0 Å². The molecular weight excluding hydrogens is 322 g/mol. The predicted molar refractivity (Wildman–Crippen MR) is 93.6 cm³/mol. The average molecular weight is 343 g/mol. The zero-order valence-corrected chi connectivity index (χ0v) is 14.4. The Hall–Kier alpha value is -1.92. The summed E-state index contributed by atoms with van der Waals surface area (Å²) < 4.78 is 5.53. The lowest BCUT2D eigenvalue weighted by atomic mass is 10.1. The van der Waals surface area contributed by atoms with Gasteiger partial charge in [0.05, 0.1) is 12.1 Å². The summed E-state index contributed by atoms with van der Waals surface area (Å²) in [5.74, 6) is 1.07. The number of carbonyl (C=O) groups excluding carboxylic acids is 1. The van der Waals surface area contributed by atoms with E-state index in [0.29, 0.717) is 0 Å². The Morgan fingerprint density at radius 3 is 3.08 bits per heavy atom. The Balaban J connectivity index is 1.40. The van der Waals surface area contributed by atoms with Crippen LogP contribution in [0.4, 0.5) is 0 Å². The van der Waals surface area contributed by atoms with Crippen molar-refractivity contribution >= 4 is 17.2 Å². The Kier molecular flexibility index (Phi) is 4.49. The summed E-state index contributed by atoms with van der Waals surface area (Å²) in [6, 6.07) is 5.83. The highest BCUT2D eigenvalue weighted by molar-refractivity contribution is 7.09. The molecule has 4 rings (SSSR count). The minimum atomic E-state index is 0.143. The van der Waals surface area contributed by atoms with Crippen molar-refractivity contribution in [3.05, 3.63) is 45.9 Å². The number of hydrogen-bond acceptors (Lipinski definition) is 5. The molecule has 0 radical (unpaired) electrons. The summed E-state index contributed by atoms with van der Waals surface area (Å²) >= 11 is 1.69. The fourth-order valence-corrected chi connectivity index (χ4v) is 4.01. The molecule has 5 nitrogen and oxygen atoms in total. The summed E-state index contributed by atoms with van der Waals surface area (Å²) in [5.41, 5.74) is 3.82. The van der Waals surface area contributed by atoms with Crippen molar-refractivity contribution in [2.75, 3.05) is 32.8 Å². The zero-order valence-electron chi connectivity index (χ0n) is 13.6. The fourth-order valence-electron chi connectivity index (χ4n) is 3.37. The lowest BCUT2D eigenvalue weighted by Crippen LogP contribution is -2.35. The maximum atomic E-state index is 12.8. The van der Waals surface area contributed by atoms with Crippen LogP contribution in [0.5, 0.6) is 5.75 Å². The van der Waals surface area contributed by atoms with Gasteiger partial charge in [-0.2, -0.15) is 0 Å². The summed E-state index contributed by atoms with van der Waals surface area (Å²) in [4.78, 5) is 22.7. The van der Waals surface area contributed by atoms with Crippen molar-refractivity contribution in [2.45, 2.75) is 19.4 Å². The lowest BCUT2D eigenvalue weighted by Gasteiger charge is -2.22. The first kappa shape index (κ1) is 15.6. The van der Waals surface area contributed by atoms with Gasteiger partial charge in [0.15, 0.2) is 0 Å². The Labute approximate surface area is 145 Å². The smallest absolute Gasteiger partial charge is 0.253 e. The van der Waals surface area contributed by atoms with Crippen LogP contribution in [0, 0.1) is 0 Å². The molecule has 0 saturated carbocycles. The molecule has 1 amide bonds. The third-order valence-corrected chi connectivity index (χ3v) is 5.44. The first-order chi connectivity index (χ1) is 11.8. The number of fused-ring (bicyclic) bond motifs is 1. The molecule has 1 saturated heterocycles. The zero-order chi connectivity index (χ0) is 16.4. The molecule has 1 fully saturated rings. The average Bonchev–Trinajstić information content (AvgIpc) is 3.22. The second-order valence-corrected chi connectivity index (χ2v) is 7.28. The van der Waals surface area contributed by atoms with Gasteiger partial charge in [0, 0.05) is 55.8 Å². The van der Waals surface area contributed by atoms with E-state index in [0.717, 1.165) is 69.0 Å². The highest BCUT2D eigenvalue weighted by Gasteiger charge is 2.22. The van der Waals surface area contributed by atoms with Crippen LogP contribution < -0.4 is 4.74 Å². The number of amides is 1. The van der Waals surface area contributed by atoms with Gasteiger partial charge in [-0.3, -0.25) is 14.7 Å². The van der Waals surface area contributed by atoms with Gasteiger partial charge >= 0.3 is 0 Å². The van der Waals surface area contributed by atoms with Gasteiger partial charge in [0.25, 0.3) is 5.91 Å². The van der Waals surface area contributed by atoms with Gasteiger partial charge in [-0.15, -0.1) is 11.3 Å². The van der Waals surface area contributed by atoms with E-state index in [4.69, 9.17) is 4.74 Å². The van der Waals surface area contributed by atoms with Crippen LogP contribution in [-0.2, 0) is 13.0 Å². The largest absolute Gasteiger partial charge is 0.493 e. The van der Waals surface area contributed by atoms with Gasteiger partial charge in [-0.05, 0) is 30.2 Å². The van der Waals surface area contributed by atoms with Crippen LogP contribution in [-0.4, -0.2) is 53.5 Å². The van der Waals surface area contributed by atoms with E-state index < -0.39 is 0 Å². The normalized spacial score (nSPS) is 18.1. The Morgan fingerprint density at radius 2 is 2.21 bits per heavy atom. The molecule has 2 aliphatic heterocycles. The van der Waals surface area contributed by atoms with E-state index in [-0.39, 0.29) is 5.91 Å². The van der Waals surface area contributed by atoms with Crippen LogP contribution >= 0.6 is 11.3 Å². The van der Waals surface area contributed by atoms with Crippen LogP contribution in [0.1, 0.15) is 27.2 Å². The standard InChI is InChI=1S/C18H21N3O2S/c22-18(15-2-3-17-14(10-15)4-9-23-17)21-6-1-5-20(7-8-21)12-16-11-19-13-24-16/h2-3,10-11,13H,1,4-9,12H2. The number of benzene rings is 1. The molecule has 3 heterocycles. The first-order valence-electron chi connectivity index (χ1n) is 8.44. The van der Waals surface area contributed by atoms with E-state index in [2.05, 4.69) is 9.88 Å². The number of ether oxygens (including phenoxy) is 1. The minimum Gasteiger partial charge on any atom is -0.493 e. The summed E-state index contributed by atoms with van der Waals surface area (Å²) in [7, 11) is 0. The maximum Gasteiger partial charge on any atom is 0.253 e. The van der Waals surface area contributed by atoms with Crippen LogP contribution in [0.2, 0.25) is 0 Å². The van der Waals surface area contributed by atoms with E-state index in [1.54, 1.807) is 11.3 Å². The minimum absolute atomic E-state index is 0.143. The molecular formula is C18H21N3O2S. The third-order valence-electron chi connectivity index (χ3n) is 4.68. The van der Waals surface area contributed by atoms with Crippen molar-refractivity contribution in [1.82, 2.24) is 14.8 Å². The molecule has 1 aromatic heterocycles. The quantitative estimate of drug-likeness (QED) is 0.859. The van der Waals surface area contributed by atoms with Crippen molar-refractivity contribution < 1.29 is 9.53 Å². The van der Waals surface area contributed by atoms with Crippen molar-refractivity contribution in [3.8, 4) is 5.75 Å². The lowest BCUT2D eigenvalue weighted by molar-refractivity contribution is 0.0761. The second-order valence-electron chi connectivity index (χ2n) is 6.31. The molecule has 24 heavy (non-hydrogen) atoms. The Morgan fingerprint density at radius 1 is 1.25 bits per heavy atom. The molecule has 1 aromatic carbocycles. The van der Waals surface area contributed by atoms with E-state index in [1.165, 1.54) is 4.88 Å². The van der Waals surface area contributed by atoms with Gasteiger partial charge in [-0.25, -0.2) is 0 Å². The molecule has 0 atom stereocenters. The summed E-state index contributed by atoms with van der Waals surface area (Å²) in [5, 5.41) is 0. The monoisotopic (exact) mass is 343 g/mol. The molecule has 126 valence electrons. The highest BCUT2D eigenvalue weighted by atomic mass is 32.1. The summed E-state index contributed by atoms with van der Waals surface area (Å²) in [6.45, 7) is 5.21. The van der Waals surface area contributed by atoms with Crippen molar-refractivity contribution in [1.29, 1.82) is 0 Å². The maximum absolute atomic E-state index is 12.8. The predicted octanol–water partition coefficient (Wildman–Crippen LogP) is 2.43. The van der Waals surface area contributed by atoms with Gasteiger partial charge in [0.1, 0.15) is 5.75 Å². The van der Waals surface area contributed by atoms with E-state index in [1.807, 2.05) is 34.8 Å². The molecule has 0 unspecified atom stereocenters. The molecule has 0 aliphatic carbocycles. The van der Waals surface area contributed by atoms with Gasteiger partial charge in [0.2, 0.25) is 0 Å². The number of thiazole rings is 1. The molecule has 0 N–H and O–H groups in total. The van der Waals surface area contributed by atoms with Gasteiger partial charge < -0.3 is 9.64 Å². The van der Waals surface area contributed by atoms with Gasteiger partial charge in [-0.1, -0.05) is 0 Å². The second kappa shape index (κ2) is 6.91. The SMILES string of the molecule is O=C(c1ccc2c(c1)CCO2)N1CCCN(Cc2cncs2)CC1. The summed E-state index contributed by atoms with van der Waals surface area (Å²) in [6.07, 6.45) is 3.85. The number of rotatable bonds is 3.